The molecule has 0 aliphatic carbocycles. The summed E-state index contributed by atoms with van der Waals surface area (Å²) in [4.78, 5) is 11.5. The minimum atomic E-state index is -2.57. The lowest BCUT2D eigenvalue weighted by Gasteiger charge is -2.28. The number of carbonyl (C=O) groups is 1. The van der Waals surface area contributed by atoms with Crippen molar-refractivity contribution in [2.24, 2.45) is 5.92 Å². The van der Waals surface area contributed by atoms with Crippen molar-refractivity contribution < 1.29 is 22.8 Å². The predicted octanol–water partition coefficient (Wildman–Crippen LogP) is 1.60. The molecule has 0 N–H and O–H groups in total. The Morgan fingerprint density at radius 2 is 1.94 bits per heavy atom. The molecular weight excluding hydrogens is 240 g/mol. The zero-order valence-electron chi connectivity index (χ0n) is 10.9. The zero-order chi connectivity index (χ0) is 12.7. The molecule has 1 unspecified atom stereocenters. The molecule has 0 saturated carbocycles. The zero-order valence-corrected chi connectivity index (χ0v) is 11.9. The van der Waals surface area contributed by atoms with E-state index >= 15 is 0 Å². The van der Waals surface area contributed by atoms with Crippen LogP contribution < -0.4 is 0 Å². The lowest BCUT2D eigenvalue weighted by atomic mass is 10.0. The number of ether oxygens (including phenoxy) is 1. The standard InChI is InChI=1S/C11H22O5Si/c1-4-14-17(3,15-5-2)16-9-10-7-6-8-13-11(10)12/h10H,4-9H2,1-3H3. The molecule has 6 heteroatoms. The molecule has 100 valence electrons. The van der Waals surface area contributed by atoms with Gasteiger partial charge in [-0.05, 0) is 26.7 Å². The first-order chi connectivity index (χ1) is 8.11. The van der Waals surface area contributed by atoms with Gasteiger partial charge in [-0.3, -0.25) is 4.79 Å². The van der Waals surface area contributed by atoms with Gasteiger partial charge in [0.05, 0.1) is 19.1 Å². The summed E-state index contributed by atoms with van der Waals surface area (Å²) < 4.78 is 21.8. The fourth-order valence-corrected chi connectivity index (χ4v) is 3.59. The molecule has 17 heavy (non-hydrogen) atoms. The van der Waals surface area contributed by atoms with Crippen LogP contribution in [-0.4, -0.2) is 41.2 Å². The maximum absolute atomic E-state index is 11.5. The van der Waals surface area contributed by atoms with E-state index < -0.39 is 8.80 Å². The van der Waals surface area contributed by atoms with Crippen molar-refractivity contribution >= 4 is 14.8 Å². The second-order valence-electron chi connectivity index (χ2n) is 4.05. The van der Waals surface area contributed by atoms with Crippen LogP contribution in [0.15, 0.2) is 0 Å². The summed E-state index contributed by atoms with van der Waals surface area (Å²) in [7, 11) is -2.57. The van der Waals surface area contributed by atoms with Gasteiger partial charge in [0.25, 0.3) is 0 Å². The molecule has 1 fully saturated rings. The van der Waals surface area contributed by atoms with E-state index in [9.17, 15) is 4.79 Å². The van der Waals surface area contributed by atoms with Crippen LogP contribution in [0, 0.1) is 5.92 Å². The van der Waals surface area contributed by atoms with Crippen molar-refractivity contribution in [1.82, 2.24) is 0 Å². The topological polar surface area (TPSA) is 54.0 Å². The van der Waals surface area contributed by atoms with Crippen LogP contribution in [0.5, 0.6) is 0 Å². The third-order valence-corrected chi connectivity index (χ3v) is 4.95. The van der Waals surface area contributed by atoms with Gasteiger partial charge < -0.3 is 18.0 Å². The lowest BCUT2D eigenvalue weighted by Crippen LogP contribution is -2.44. The second-order valence-corrected chi connectivity index (χ2v) is 6.64. The highest BCUT2D eigenvalue weighted by Crippen LogP contribution is 2.18. The monoisotopic (exact) mass is 262 g/mol. The van der Waals surface area contributed by atoms with Crippen molar-refractivity contribution in [3.8, 4) is 0 Å². The molecule has 0 radical (unpaired) electrons. The van der Waals surface area contributed by atoms with E-state index in [1.165, 1.54) is 0 Å². The first-order valence-electron chi connectivity index (χ1n) is 6.19. The molecule has 0 spiro atoms. The van der Waals surface area contributed by atoms with Gasteiger partial charge in [-0.2, -0.15) is 0 Å². The van der Waals surface area contributed by atoms with Crippen molar-refractivity contribution in [3.05, 3.63) is 0 Å². The number of hydrogen-bond donors (Lipinski definition) is 0. The van der Waals surface area contributed by atoms with Crippen LogP contribution in [-0.2, 0) is 22.8 Å². The number of cyclic esters (lactones) is 1. The van der Waals surface area contributed by atoms with Gasteiger partial charge in [-0.1, -0.05) is 0 Å². The fraction of sp³-hybridized carbons (Fsp3) is 0.909. The van der Waals surface area contributed by atoms with Crippen molar-refractivity contribution in [3.63, 3.8) is 0 Å². The average molecular weight is 262 g/mol. The van der Waals surface area contributed by atoms with Crippen LogP contribution >= 0.6 is 0 Å². The molecule has 1 saturated heterocycles. The minimum Gasteiger partial charge on any atom is -0.465 e. The highest BCUT2D eigenvalue weighted by atomic mass is 28.4. The largest absolute Gasteiger partial charge is 0.497 e. The molecule has 0 bridgehead atoms. The van der Waals surface area contributed by atoms with E-state index in [0.29, 0.717) is 26.4 Å². The Kier molecular flexibility index (Phi) is 6.11. The summed E-state index contributed by atoms with van der Waals surface area (Å²) >= 11 is 0. The number of carbonyl (C=O) groups excluding carboxylic acids is 1. The number of rotatable bonds is 7. The van der Waals surface area contributed by atoms with Gasteiger partial charge in [0.1, 0.15) is 0 Å². The van der Waals surface area contributed by atoms with Gasteiger partial charge in [0.2, 0.25) is 0 Å². The van der Waals surface area contributed by atoms with Gasteiger partial charge >= 0.3 is 14.8 Å². The van der Waals surface area contributed by atoms with E-state index in [1.54, 1.807) is 0 Å². The fourth-order valence-electron chi connectivity index (χ4n) is 1.79. The van der Waals surface area contributed by atoms with Crippen molar-refractivity contribution in [2.45, 2.75) is 33.2 Å². The minimum absolute atomic E-state index is 0.166. The third-order valence-electron chi connectivity index (χ3n) is 2.63. The quantitative estimate of drug-likeness (QED) is 0.515. The lowest BCUT2D eigenvalue weighted by molar-refractivity contribution is -0.154. The molecule has 0 aromatic heterocycles. The SMILES string of the molecule is CCO[Si](C)(OCC)OCC1CCCOC1=O. The molecule has 0 amide bonds. The van der Waals surface area contributed by atoms with E-state index in [-0.39, 0.29) is 11.9 Å². The third kappa shape index (κ3) is 4.75. The molecular formula is C11H22O5Si. The summed E-state index contributed by atoms with van der Waals surface area (Å²) in [5.41, 5.74) is 0. The average Bonchev–Trinajstić information content (AvgIpc) is 2.29. The second kappa shape index (κ2) is 7.10. The maximum Gasteiger partial charge on any atom is 0.497 e. The molecule has 1 atom stereocenters. The molecule has 0 aromatic carbocycles. The Balaban J connectivity index is 2.42. The van der Waals surface area contributed by atoms with Gasteiger partial charge in [0.15, 0.2) is 0 Å². The normalized spacial score (nSPS) is 21.4. The first-order valence-corrected chi connectivity index (χ1v) is 8.42. The molecule has 1 heterocycles. The Morgan fingerprint density at radius 1 is 1.29 bits per heavy atom. The predicted molar refractivity (Wildman–Crippen MR) is 64.5 cm³/mol. The van der Waals surface area contributed by atoms with Crippen LogP contribution in [0.1, 0.15) is 26.7 Å². The van der Waals surface area contributed by atoms with Gasteiger partial charge in [0, 0.05) is 19.8 Å². The van der Waals surface area contributed by atoms with Crippen LogP contribution in [0.3, 0.4) is 0 Å². The van der Waals surface area contributed by atoms with E-state index in [0.717, 1.165) is 12.8 Å². The molecule has 1 aliphatic rings. The highest BCUT2D eigenvalue weighted by Gasteiger charge is 2.36. The smallest absolute Gasteiger partial charge is 0.465 e. The Bertz CT molecular complexity index is 240. The summed E-state index contributed by atoms with van der Waals surface area (Å²) in [5, 5.41) is 0. The summed E-state index contributed by atoms with van der Waals surface area (Å²) in [6, 6.07) is 0. The van der Waals surface area contributed by atoms with E-state index in [1.807, 2.05) is 20.4 Å². The van der Waals surface area contributed by atoms with Crippen molar-refractivity contribution in [1.29, 1.82) is 0 Å². The van der Waals surface area contributed by atoms with E-state index in [4.69, 9.17) is 18.0 Å². The Hall–Kier alpha value is -0.433. The van der Waals surface area contributed by atoms with Crippen LogP contribution in [0.2, 0.25) is 6.55 Å². The number of esters is 1. The van der Waals surface area contributed by atoms with Crippen LogP contribution in [0.4, 0.5) is 0 Å². The first kappa shape index (κ1) is 14.6. The molecule has 1 aliphatic heterocycles. The van der Waals surface area contributed by atoms with Crippen molar-refractivity contribution in [2.75, 3.05) is 26.4 Å². The highest BCUT2D eigenvalue weighted by molar-refractivity contribution is 6.59. The van der Waals surface area contributed by atoms with Crippen LogP contribution in [0.25, 0.3) is 0 Å². The summed E-state index contributed by atoms with van der Waals surface area (Å²) in [6.45, 7) is 7.64. The molecule has 0 aromatic rings. The Labute approximate surface area is 104 Å². The summed E-state index contributed by atoms with van der Waals surface area (Å²) in [5.74, 6) is -0.336. The maximum atomic E-state index is 11.5. The van der Waals surface area contributed by atoms with Gasteiger partial charge in [-0.25, -0.2) is 0 Å². The Morgan fingerprint density at radius 3 is 2.47 bits per heavy atom. The van der Waals surface area contributed by atoms with Gasteiger partial charge in [-0.15, -0.1) is 0 Å². The molecule has 1 rings (SSSR count). The molecule has 5 nitrogen and oxygen atoms in total. The van der Waals surface area contributed by atoms with E-state index in [2.05, 4.69) is 0 Å². The summed E-state index contributed by atoms with van der Waals surface area (Å²) in [6.07, 6.45) is 1.73. The number of hydrogen-bond acceptors (Lipinski definition) is 5.